The van der Waals surface area contributed by atoms with Crippen molar-refractivity contribution < 1.29 is 13.2 Å². The number of benzene rings is 1. The van der Waals surface area contributed by atoms with Gasteiger partial charge in [0, 0.05) is 6.07 Å². The van der Waals surface area contributed by atoms with Crippen LogP contribution < -0.4 is 5.32 Å². The number of hydrogen-bond donors (Lipinski definition) is 1. The Hall–Kier alpha value is -1.86. The summed E-state index contributed by atoms with van der Waals surface area (Å²) in [6, 6.07) is 8.22. The normalized spacial score (nSPS) is 19.7. The molecular weight excluding hydrogens is 338 g/mol. The van der Waals surface area contributed by atoms with Crippen LogP contribution in [-0.2, 0) is 9.84 Å². The summed E-state index contributed by atoms with van der Waals surface area (Å²) >= 11 is 6.03. The van der Waals surface area contributed by atoms with Gasteiger partial charge in [-0.3, -0.25) is 4.79 Å². The van der Waals surface area contributed by atoms with Crippen molar-refractivity contribution in [3.05, 3.63) is 46.6 Å². The van der Waals surface area contributed by atoms with E-state index in [1.165, 1.54) is 0 Å². The first kappa shape index (κ1) is 16.0. The molecule has 1 aromatic carbocycles. The third-order valence-electron chi connectivity index (χ3n) is 3.77. The smallest absolute Gasteiger partial charge is 0.258 e. The molecule has 0 aliphatic carbocycles. The van der Waals surface area contributed by atoms with Crippen molar-refractivity contribution in [1.82, 2.24) is 9.78 Å². The molecule has 6 nitrogen and oxygen atoms in total. The SMILES string of the molecule is Cc1cc(NC(=O)c2ccccc2Cl)n(C2CCS(=O)(=O)C2)n1. The number of hydrogen-bond acceptors (Lipinski definition) is 4. The van der Waals surface area contributed by atoms with Crippen LogP contribution in [0.4, 0.5) is 5.82 Å². The molecule has 0 bridgehead atoms. The molecule has 8 heteroatoms. The molecule has 1 unspecified atom stereocenters. The van der Waals surface area contributed by atoms with Crippen molar-refractivity contribution in [3.8, 4) is 0 Å². The number of sulfone groups is 1. The number of carbonyl (C=O) groups is 1. The summed E-state index contributed by atoms with van der Waals surface area (Å²) < 4.78 is 24.9. The molecule has 2 heterocycles. The number of aryl methyl sites for hydroxylation is 1. The summed E-state index contributed by atoms with van der Waals surface area (Å²) in [6.07, 6.45) is 0.498. The number of amides is 1. The molecule has 0 spiro atoms. The second-order valence-corrected chi connectivity index (χ2v) is 8.24. The van der Waals surface area contributed by atoms with Gasteiger partial charge in [-0.2, -0.15) is 5.10 Å². The standard InChI is InChI=1S/C15H16ClN3O3S/c1-10-8-14(17-15(20)12-4-2-3-5-13(12)16)19(18-10)11-6-7-23(21,22)9-11/h2-5,8,11H,6-7,9H2,1H3,(H,17,20). The summed E-state index contributed by atoms with van der Waals surface area (Å²) in [5.74, 6) is 0.324. The maximum atomic E-state index is 12.4. The fourth-order valence-electron chi connectivity index (χ4n) is 2.69. The maximum Gasteiger partial charge on any atom is 0.258 e. The molecule has 1 amide bonds. The first-order valence-electron chi connectivity index (χ1n) is 7.18. The van der Waals surface area contributed by atoms with Crippen LogP contribution in [0.3, 0.4) is 0 Å². The zero-order chi connectivity index (χ0) is 16.6. The van der Waals surface area contributed by atoms with Crippen LogP contribution in [-0.4, -0.2) is 35.6 Å². The summed E-state index contributed by atoms with van der Waals surface area (Å²) in [5, 5.41) is 7.46. The molecule has 3 rings (SSSR count). The van der Waals surface area contributed by atoms with Crippen LogP contribution in [0.5, 0.6) is 0 Å². The second-order valence-electron chi connectivity index (χ2n) is 5.61. The van der Waals surface area contributed by atoms with Gasteiger partial charge in [-0.05, 0) is 25.5 Å². The van der Waals surface area contributed by atoms with Gasteiger partial charge in [-0.25, -0.2) is 13.1 Å². The third kappa shape index (κ3) is 3.40. The van der Waals surface area contributed by atoms with Crippen molar-refractivity contribution in [1.29, 1.82) is 0 Å². The predicted octanol–water partition coefficient (Wildman–Crippen LogP) is 2.46. The van der Waals surface area contributed by atoms with E-state index in [0.29, 0.717) is 28.5 Å². The van der Waals surface area contributed by atoms with Gasteiger partial charge in [0.25, 0.3) is 5.91 Å². The van der Waals surface area contributed by atoms with Crippen molar-refractivity contribution in [2.45, 2.75) is 19.4 Å². The molecule has 1 saturated heterocycles. The van der Waals surface area contributed by atoms with Crippen molar-refractivity contribution in [3.63, 3.8) is 0 Å². The molecule has 0 saturated carbocycles. The van der Waals surface area contributed by atoms with E-state index >= 15 is 0 Å². The molecule has 2 aromatic rings. The van der Waals surface area contributed by atoms with E-state index in [2.05, 4.69) is 10.4 Å². The highest BCUT2D eigenvalue weighted by Crippen LogP contribution is 2.27. The minimum absolute atomic E-state index is 0.0447. The minimum Gasteiger partial charge on any atom is -0.307 e. The van der Waals surface area contributed by atoms with Gasteiger partial charge in [0.1, 0.15) is 5.82 Å². The zero-order valence-electron chi connectivity index (χ0n) is 12.5. The topological polar surface area (TPSA) is 81.1 Å². The van der Waals surface area contributed by atoms with E-state index in [-0.39, 0.29) is 23.5 Å². The lowest BCUT2D eigenvalue weighted by atomic mass is 10.2. The van der Waals surface area contributed by atoms with E-state index in [0.717, 1.165) is 0 Å². The lowest BCUT2D eigenvalue weighted by Crippen LogP contribution is -2.19. The van der Waals surface area contributed by atoms with E-state index in [1.807, 2.05) is 0 Å². The van der Waals surface area contributed by atoms with Crippen molar-refractivity contribution >= 4 is 33.2 Å². The lowest BCUT2D eigenvalue weighted by molar-refractivity contribution is 0.102. The average Bonchev–Trinajstić information content (AvgIpc) is 3.01. The Morgan fingerprint density at radius 1 is 1.39 bits per heavy atom. The third-order valence-corrected chi connectivity index (χ3v) is 5.85. The van der Waals surface area contributed by atoms with E-state index in [4.69, 9.17) is 11.6 Å². The largest absolute Gasteiger partial charge is 0.307 e. The first-order valence-corrected chi connectivity index (χ1v) is 9.38. The van der Waals surface area contributed by atoms with E-state index in [1.54, 1.807) is 41.9 Å². The van der Waals surface area contributed by atoms with Crippen LogP contribution in [0.15, 0.2) is 30.3 Å². The van der Waals surface area contributed by atoms with Crippen LogP contribution in [0, 0.1) is 6.92 Å². The van der Waals surface area contributed by atoms with E-state index in [9.17, 15) is 13.2 Å². The number of carbonyl (C=O) groups excluding carboxylic acids is 1. The van der Waals surface area contributed by atoms with Crippen LogP contribution in [0.1, 0.15) is 28.5 Å². The Bertz CT molecular complexity index is 861. The first-order chi connectivity index (χ1) is 10.9. The fourth-order valence-corrected chi connectivity index (χ4v) is 4.60. The maximum absolute atomic E-state index is 12.4. The molecule has 1 aliphatic heterocycles. The van der Waals surface area contributed by atoms with E-state index < -0.39 is 9.84 Å². The fraction of sp³-hybridized carbons (Fsp3) is 0.333. The highest BCUT2D eigenvalue weighted by molar-refractivity contribution is 7.91. The average molecular weight is 354 g/mol. The number of aromatic nitrogens is 2. The predicted molar refractivity (Wildman–Crippen MR) is 88.7 cm³/mol. The summed E-state index contributed by atoms with van der Waals surface area (Å²) in [6.45, 7) is 1.80. The Labute approximate surface area is 139 Å². The number of halogens is 1. The van der Waals surface area contributed by atoms with Gasteiger partial charge in [0.15, 0.2) is 9.84 Å². The second kappa shape index (κ2) is 5.98. The highest BCUT2D eigenvalue weighted by atomic mass is 35.5. The number of anilines is 1. The van der Waals surface area contributed by atoms with Crippen molar-refractivity contribution in [2.24, 2.45) is 0 Å². The van der Waals surface area contributed by atoms with Gasteiger partial charge in [0.2, 0.25) is 0 Å². The van der Waals surface area contributed by atoms with Crippen molar-refractivity contribution in [2.75, 3.05) is 16.8 Å². The molecule has 1 fully saturated rings. The summed E-state index contributed by atoms with van der Waals surface area (Å²) in [7, 11) is -3.03. The van der Waals surface area contributed by atoms with Crippen LogP contribution in [0.2, 0.25) is 5.02 Å². The Kier molecular flexibility index (Phi) is 4.16. The highest BCUT2D eigenvalue weighted by Gasteiger charge is 2.31. The molecule has 23 heavy (non-hydrogen) atoms. The number of nitrogens with zero attached hydrogens (tertiary/aromatic N) is 2. The minimum atomic E-state index is -3.03. The zero-order valence-corrected chi connectivity index (χ0v) is 14.1. The van der Waals surface area contributed by atoms with Gasteiger partial charge in [-0.15, -0.1) is 0 Å². The molecule has 1 aromatic heterocycles. The molecule has 1 N–H and O–H groups in total. The van der Waals surface area contributed by atoms with Crippen LogP contribution in [0.25, 0.3) is 0 Å². The summed E-state index contributed by atoms with van der Waals surface area (Å²) in [4.78, 5) is 12.4. The lowest BCUT2D eigenvalue weighted by Gasteiger charge is -2.14. The molecule has 0 radical (unpaired) electrons. The quantitative estimate of drug-likeness (QED) is 0.919. The number of nitrogens with one attached hydrogen (secondary N) is 1. The van der Waals surface area contributed by atoms with Crippen LogP contribution >= 0.6 is 11.6 Å². The molecule has 1 atom stereocenters. The summed E-state index contributed by atoms with van der Waals surface area (Å²) in [5.41, 5.74) is 1.07. The Morgan fingerprint density at radius 3 is 2.78 bits per heavy atom. The van der Waals surface area contributed by atoms with Gasteiger partial charge >= 0.3 is 0 Å². The van der Waals surface area contributed by atoms with Gasteiger partial charge in [0.05, 0.1) is 33.8 Å². The van der Waals surface area contributed by atoms with Gasteiger partial charge in [-0.1, -0.05) is 23.7 Å². The van der Waals surface area contributed by atoms with Gasteiger partial charge < -0.3 is 5.32 Å². The number of rotatable bonds is 3. The Balaban J connectivity index is 1.87. The Morgan fingerprint density at radius 2 is 2.13 bits per heavy atom. The monoisotopic (exact) mass is 353 g/mol. The molecular formula is C15H16ClN3O3S. The molecule has 1 aliphatic rings. The molecule has 122 valence electrons.